The van der Waals surface area contributed by atoms with Crippen LogP contribution in [0.25, 0.3) is 0 Å². The average Bonchev–Trinajstić information content (AvgIpc) is 3.10. The normalized spacial score (nSPS) is 15.6. The lowest BCUT2D eigenvalue weighted by Gasteiger charge is -2.30. The Labute approximate surface area is 158 Å². The Kier molecular flexibility index (Phi) is 6.46. The topological polar surface area (TPSA) is 63.7 Å². The largest absolute Gasteiger partial charge is 0.497 e. The lowest BCUT2D eigenvalue weighted by atomic mass is 9.97. The Morgan fingerprint density at radius 1 is 1.31 bits per heavy atom. The number of carbonyl (C=O) groups is 1. The molecule has 0 atom stereocenters. The van der Waals surface area contributed by atoms with Gasteiger partial charge in [-0.15, -0.1) is 11.3 Å². The quantitative estimate of drug-likeness (QED) is 0.745. The first-order chi connectivity index (χ1) is 12.7. The molecule has 3 rings (SSSR count). The minimum Gasteiger partial charge on any atom is -0.497 e. The van der Waals surface area contributed by atoms with E-state index in [2.05, 4.69) is 20.6 Å². The fourth-order valence-corrected chi connectivity index (χ4v) is 3.77. The molecule has 1 saturated heterocycles. The van der Waals surface area contributed by atoms with Crippen LogP contribution >= 0.6 is 11.3 Å². The highest BCUT2D eigenvalue weighted by Crippen LogP contribution is 2.25. The number of rotatable bonds is 7. The monoisotopic (exact) mass is 375 g/mol. The molecule has 1 aliphatic heterocycles. The number of thiazole rings is 1. The van der Waals surface area contributed by atoms with Crippen molar-refractivity contribution in [3.8, 4) is 5.75 Å². The Hall–Kier alpha value is -2.12. The minimum atomic E-state index is -0.0493. The van der Waals surface area contributed by atoms with Gasteiger partial charge in [0.1, 0.15) is 5.75 Å². The van der Waals surface area contributed by atoms with Crippen LogP contribution in [0.5, 0.6) is 5.75 Å². The minimum absolute atomic E-state index is 0.0493. The zero-order valence-electron chi connectivity index (χ0n) is 15.2. The lowest BCUT2D eigenvalue weighted by molar-refractivity contribution is -0.149. The van der Waals surface area contributed by atoms with E-state index < -0.39 is 0 Å². The second-order valence-electron chi connectivity index (χ2n) is 6.30. The number of likely N-dealkylation sites (tertiary alicyclic amines) is 1. The average molecular weight is 375 g/mol. The molecule has 0 unspecified atom stereocenters. The smallest absolute Gasteiger partial charge is 0.309 e. The van der Waals surface area contributed by atoms with E-state index in [1.807, 2.05) is 31.2 Å². The number of anilines is 2. The molecular formula is C19H25N3O3S. The summed E-state index contributed by atoms with van der Waals surface area (Å²) in [5.74, 6) is 0.835. The third-order valence-electron chi connectivity index (χ3n) is 4.49. The molecule has 6 nitrogen and oxygen atoms in total. The van der Waals surface area contributed by atoms with E-state index >= 15 is 0 Å². The van der Waals surface area contributed by atoms with Crippen LogP contribution in [-0.2, 0) is 16.1 Å². The summed E-state index contributed by atoms with van der Waals surface area (Å²) in [6.07, 6.45) is 1.72. The van der Waals surface area contributed by atoms with Gasteiger partial charge in [0, 0.05) is 17.6 Å². The summed E-state index contributed by atoms with van der Waals surface area (Å²) in [6.45, 7) is 4.94. The van der Waals surface area contributed by atoms with Crippen molar-refractivity contribution in [1.82, 2.24) is 9.88 Å². The van der Waals surface area contributed by atoms with Crippen LogP contribution in [0.15, 0.2) is 29.6 Å². The summed E-state index contributed by atoms with van der Waals surface area (Å²) in [6, 6.07) is 7.79. The molecular weight excluding hydrogens is 350 g/mol. The summed E-state index contributed by atoms with van der Waals surface area (Å²) in [4.78, 5) is 18.8. The van der Waals surface area contributed by atoms with Crippen LogP contribution in [-0.4, -0.2) is 42.7 Å². The van der Waals surface area contributed by atoms with Gasteiger partial charge in [-0.25, -0.2) is 4.98 Å². The molecule has 1 aromatic heterocycles. The maximum atomic E-state index is 11.8. The first kappa shape index (κ1) is 18.7. The van der Waals surface area contributed by atoms with Gasteiger partial charge < -0.3 is 14.8 Å². The SMILES string of the molecule is CCOC(=O)C1CCN(Cc2csc(Nc3ccc(OC)cc3)n2)CC1. The number of esters is 1. The number of piperidine rings is 1. The Bertz CT molecular complexity index is 709. The zero-order valence-corrected chi connectivity index (χ0v) is 16.1. The van der Waals surface area contributed by atoms with E-state index in [1.54, 1.807) is 18.4 Å². The number of ether oxygens (including phenoxy) is 2. The maximum Gasteiger partial charge on any atom is 0.309 e. The number of nitrogens with one attached hydrogen (secondary N) is 1. The molecule has 1 N–H and O–H groups in total. The molecule has 0 amide bonds. The van der Waals surface area contributed by atoms with Gasteiger partial charge in [-0.05, 0) is 57.1 Å². The van der Waals surface area contributed by atoms with E-state index in [4.69, 9.17) is 9.47 Å². The number of nitrogens with zero attached hydrogens (tertiary/aromatic N) is 2. The number of methoxy groups -OCH3 is 1. The number of carbonyl (C=O) groups excluding carboxylic acids is 1. The van der Waals surface area contributed by atoms with Crippen molar-refractivity contribution in [1.29, 1.82) is 0 Å². The van der Waals surface area contributed by atoms with Crippen molar-refractivity contribution >= 4 is 28.1 Å². The fraction of sp³-hybridized carbons (Fsp3) is 0.474. The maximum absolute atomic E-state index is 11.8. The predicted octanol–water partition coefficient (Wildman–Crippen LogP) is 3.67. The van der Waals surface area contributed by atoms with Gasteiger partial charge in [-0.2, -0.15) is 0 Å². The molecule has 0 spiro atoms. The van der Waals surface area contributed by atoms with Gasteiger partial charge in [0.05, 0.1) is 25.3 Å². The van der Waals surface area contributed by atoms with Crippen molar-refractivity contribution in [3.63, 3.8) is 0 Å². The van der Waals surface area contributed by atoms with Gasteiger partial charge in [0.15, 0.2) is 5.13 Å². The summed E-state index contributed by atoms with van der Waals surface area (Å²) in [5, 5.41) is 6.29. The molecule has 2 aromatic rings. The Morgan fingerprint density at radius 3 is 2.69 bits per heavy atom. The van der Waals surface area contributed by atoms with E-state index in [-0.39, 0.29) is 11.9 Å². The summed E-state index contributed by atoms with van der Waals surface area (Å²) >= 11 is 1.60. The van der Waals surface area contributed by atoms with Crippen LogP contribution in [0.2, 0.25) is 0 Å². The number of benzene rings is 1. The van der Waals surface area contributed by atoms with Crippen LogP contribution < -0.4 is 10.1 Å². The Balaban J connectivity index is 1.48. The molecule has 0 saturated carbocycles. The first-order valence-electron chi connectivity index (χ1n) is 8.92. The van der Waals surface area contributed by atoms with E-state index in [0.717, 1.165) is 54.7 Å². The number of hydrogen-bond donors (Lipinski definition) is 1. The molecule has 1 aromatic carbocycles. The second kappa shape index (κ2) is 9.00. The van der Waals surface area contributed by atoms with E-state index in [9.17, 15) is 4.79 Å². The van der Waals surface area contributed by atoms with E-state index in [1.165, 1.54) is 0 Å². The van der Waals surface area contributed by atoms with Gasteiger partial charge >= 0.3 is 5.97 Å². The predicted molar refractivity (Wildman–Crippen MR) is 103 cm³/mol. The van der Waals surface area contributed by atoms with Crippen molar-refractivity contribution in [2.45, 2.75) is 26.3 Å². The van der Waals surface area contributed by atoms with Gasteiger partial charge in [-0.1, -0.05) is 0 Å². The van der Waals surface area contributed by atoms with Crippen molar-refractivity contribution < 1.29 is 14.3 Å². The highest BCUT2D eigenvalue weighted by Gasteiger charge is 2.26. The molecule has 0 bridgehead atoms. The van der Waals surface area contributed by atoms with Crippen molar-refractivity contribution in [3.05, 3.63) is 35.3 Å². The number of aromatic nitrogens is 1. The van der Waals surface area contributed by atoms with Crippen molar-refractivity contribution in [2.24, 2.45) is 5.92 Å². The number of hydrogen-bond acceptors (Lipinski definition) is 7. The zero-order chi connectivity index (χ0) is 18.4. The highest BCUT2D eigenvalue weighted by molar-refractivity contribution is 7.13. The fourth-order valence-electron chi connectivity index (χ4n) is 3.05. The second-order valence-corrected chi connectivity index (χ2v) is 7.16. The van der Waals surface area contributed by atoms with Gasteiger partial charge in [-0.3, -0.25) is 9.69 Å². The third kappa shape index (κ3) is 4.95. The molecule has 0 aliphatic carbocycles. The molecule has 26 heavy (non-hydrogen) atoms. The standard InChI is InChI=1S/C19H25N3O3S/c1-3-25-18(23)14-8-10-22(11-9-14)12-16-13-26-19(21-16)20-15-4-6-17(24-2)7-5-15/h4-7,13-14H,3,8-12H2,1-2H3,(H,20,21). The van der Waals surface area contributed by atoms with E-state index in [0.29, 0.717) is 6.61 Å². The highest BCUT2D eigenvalue weighted by atomic mass is 32.1. The summed E-state index contributed by atoms with van der Waals surface area (Å²) < 4.78 is 10.3. The molecule has 1 fully saturated rings. The van der Waals surface area contributed by atoms with Gasteiger partial charge in [0.2, 0.25) is 0 Å². The van der Waals surface area contributed by atoms with Crippen LogP contribution in [0.1, 0.15) is 25.5 Å². The molecule has 7 heteroatoms. The lowest BCUT2D eigenvalue weighted by Crippen LogP contribution is -2.36. The van der Waals surface area contributed by atoms with Crippen LogP contribution in [0, 0.1) is 5.92 Å². The van der Waals surface area contributed by atoms with Crippen LogP contribution in [0.4, 0.5) is 10.8 Å². The molecule has 140 valence electrons. The first-order valence-corrected chi connectivity index (χ1v) is 9.80. The summed E-state index contributed by atoms with van der Waals surface area (Å²) in [7, 11) is 1.66. The van der Waals surface area contributed by atoms with Crippen molar-refractivity contribution in [2.75, 3.05) is 32.1 Å². The molecule has 1 aliphatic rings. The van der Waals surface area contributed by atoms with Crippen LogP contribution in [0.3, 0.4) is 0 Å². The summed E-state index contributed by atoms with van der Waals surface area (Å²) in [5.41, 5.74) is 2.04. The third-order valence-corrected chi connectivity index (χ3v) is 5.29. The molecule has 2 heterocycles. The Morgan fingerprint density at radius 2 is 2.04 bits per heavy atom. The van der Waals surface area contributed by atoms with Gasteiger partial charge in [0.25, 0.3) is 0 Å². The molecule has 0 radical (unpaired) electrons.